The van der Waals surface area contributed by atoms with Gasteiger partial charge in [-0.15, -0.1) is 0 Å². The lowest BCUT2D eigenvalue weighted by molar-refractivity contribution is 0.264. The molecule has 0 rings (SSSR count). The first-order chi connectivity index (χ1) is 7.02. The number of carbonyl (C=O) groups excluding carboxylic acids is 1. The fourth-order valence-corrected chi connectivity index (χ4v) is 1.80. The Labute approximate surface area is 96.7 Å². The van der Waals surface area contributed by atoms with Crippen LogP contribution >= 0.6 is 12.2 Å². The van der Waals surface area contributed by atoms with E-state index in [-0.39, 0.29) is 5.41 Å². The van der Waals surface area contributed by atoms with Crippen LogP contribution in [0.4, 0.5) is 0 Å². The minimum Gasteiger partial charge on any atom is -0.233 e. The second kappa shape index (κ2) is 7.47. The molecule has 0 saturated carbocycles. The molecule has 0 spiro atoms. The van der Waals surface area contributed by atoms with Crippen molar-refractivity contribution in [2.75, 3.05) is 13.1 Å². The summed E-state index contributed by atoms with van der Waals surface area (Å²) in [5.74, 6) is 0.401. The molecule has 0 aromatic carbocycles. The molecule has 0 fully saturated rings. The fourth-order valence-electron chi connectivity index (χ4n) is 1.71. The Morgan fingerprint density at radius 3 is 2.60 bits per heavy atom. The van der Waals surface area contributed by atoms with Gasteiger partial charge < -0.3 is 0 Å². The molecule has 0 N–H and O–H groups in total. The number of isothiocyanates is 1. The van der Waals surface area contributed by atoms with Crippen molar-refractivity contribution < 1.29 is 4.79 Å². The van der Waals surface area contributed by atoms with E-state index < -0.39 is 0 Å². The van der Waals surface area contributed by atoms with Crippen molar-refractivity contribution in [3.05, 3.63) is 0 Å². The molecule has 0 aliphatic rings. The van der Waals surface area contributed by atoms with Crippen molar-refractivity contribution in [1.29, 1.82) is 0 Å². The molecule has 0 saturated heterocycles. The summed E-state index contributed by atoms with van der Waals surface area (Å²) in [5, 5.41) is 2.37. The number of hydrogen-bond donors (Lipinski definition) is 0. The van der Waals surface area contributed by atoms with Crippen LogP contribution in [0.15, 0.2) is 9.98 Å². The van der Waals surface area contributed by atoms with Crippen molar-refractivity contribution in [2.45, 2.75) is 33.6 Å². The van der Waals surface area contributed by atoms with Crippen LogP contribution < -0.4 is 0 Å². The summed E-state index contributed by atoms with van der Waals surface area (Å²) in [4.78, 5) is 17.5. The van der Waals surface area contributed by atoms with Crippen molar-refractivity contribution in [2.24, 2.45) is 21.3 Å². The van der Waals surface area contributed by atoms with Gasteiger partial charge in [0.1, 0.15) is 0 Å². The third-order valence-electron chi connectivity index (χ3n) is 2.33. The number of hydrogen-bond acceptors (Lipinski definition) is 4. The molecule has 1 unspecified atom stereocenters. The Morgan fingerprint density at radius 1 is 1.40 bits per heavy atom. The van der Waals surface area contributed by atoms with Crippen molar-refractivity contribution in [3.8, 4) is 0 Å². The lowest BCUT2D eigenvalue weighted by Crippen LogP contribution is -2.18. The lowest BCUT2D eigenvalue weighted by atomic mass is 9.80. The summed E-state index contributed by atoms with van der Waals surface area (Å²) in [5.41, 5.74) is 0.202. The molecule has 0 aliphatic carbocycles. The number of isocyanates is 1. The first-order valence-electron chi connectivity index (χ1n) is 5.09. The molecular weight excluding hydrogens is 208 g/mol. The molecule has 15 heavy (non-hydrogen) atoms. The summed E-state index contributed by atoms with van der Waals surface area (Å²) >= 11 is 4.51. The smallest absolute Gasteiger partial charge is 0.233 e. The third-order valence-corrected chi connectivity index (χ3v) is 2.46. The Balaban J connectivity index is 3.99. The topological polar surface area (TPSA) is 41.8 Å². The van der Waals surface area contributed by atoms with Gasteiger partial charge in [0, 0.05) is 6.54 Å². The molecule has 0 bridgehead atoms. The first-order valence-corrected chi connectivity index (χ1v) is 5.50. The minimum atomic E-state index is 0.202. The molecule has 0 aliphatic heterocycles. The van der Waals surface area contributed by atoms with Crippen LogP contribution in [0.1, 0.15) is 33.6 Å². The van der Waals surface area contributed by atoms with Crippen LogP contribution in [0, 0.1) is 11.3 Å². The zero-order valence-corrected chi connectivity index (χ0v) is 10.4. The van der Waals surface area contributed by atoms with Gasteiger partial charge in [-0.25, -0.2) is 14.8 Å². The van der Waals surface area contributed by atoms with E-state index in [9.17, 15) is 4.79 Å². The van der Waals surface area contributed by atoms with E-state index in [4.69, 9.17) is 0 Å². The van der Waals surface area contributed by atoms with Crippen molar-refractivity contribution >= 4 is 23.5 Å². The van der Waals surface area contributed by atoms with Crippen LogP contribution in [0.5, 0.6) is 0 Å². The predicted octanol–water partition coefficient (Wildman–Crippen LogP) is 2.87. The minimum absolute atomic E-state index is 0.202. The van der Waals surface area contributed by atoms with Gasteiger partial charge in [-0.3, -0.25) is 0 Å². The maximum atomic E-state index is 9.96. The molecule has 0 heterocycles. The molecular formula is C11H18N2OS. The van der Waals surface area contributed by atoms with Crippen molar-refractivity contribution in [1.82, 2.24) is 0 Å². The molecule has 4 heteroatoms. The summed E-state index contributed by atoms with van der Waals surface area (Å²) < 4.78 is 0. The Kier molecular flexibility index (Phi) is 7.06. The number of rotatable bonds is 7. The van der Waals surface area contributed by atoms with Crippen LogP contribution in [0.25, 0.3) is 0 Å². The maximum Gasteiger partial charge on any atom is 0.234 e. The highest BCUT2D eigenvalue weighted by molar-refractivity contribution is 7.78. The molecule has 3 nitrogen and oxygen atoms in total. The second-order valence-electron chi connectivity index (χ2n) is 4.63. The van der Waals surface area contributed by atoms with Gasteiger partial charge in [0.2, 0.25) is 6.08 Å². The average molecular weight is 226 g/mol. The maximum absolute atomic E-state index is 9.96. The second-order valence-corrected chi connectivity index (χ2v) is 4.81. The lowest BCUT2D eigenvalue weighted by Gasteiger charge is -2.26. The molecule has 0 aromatic heterocycles. The molecule has 84 valence electrons. The Morgan fingerprint density at radius 2 is 2.07 bits per heavy atom. The number of nitrogens with zero attached hydrogens (tertiary/aromatic N) is 2. The van der Waals surface area contributed by atoms with Crippen LogP contribution in [0.2, 0.25) is 0 Å². The van der Waals surface area contributed by atoms with E-state index in [1.165, 1.54) is 0 Å². The molecule has 0 radical (unpaired) electrons. The van der Waals surface area contributed by atoms with Gasteiger partial charge >= 0.3 is 0 Å². The largest absolute Gasteiger partial charge is 0.234 e. The third kappa shape index (κ3) is 8.19. The van der Waals surface area contributed by atoms with Gasteiger partial charge in [-0.1, -0.05) is 20.8 Å². The van der Waals surface area contributed by atoms with Gasteiger partial charge in [-0.2, -0.15) is 0 Å². The van der Waals surface area contributed by atoms with E-state index in [1.807, 2.05) is 0 Å². The summed E-state index contributed by atoms with van der Waals surface area (Å²) in [6.45, 7) is 7.74. The van der Waals surface area contributed by atoms with E-state index in [0.717, 1.165) is 19.4 Å². The van der Waals surface area contributed by atoms with Gasteiger partial charge in [0.05, 0.1) is 11.7 Å². The Hall–Kier alpha value is -0.820. The number of aliphatic imine (C=N–C) groups is 2. The standard InChI is InChI=1S/C11H18N2OS/c1-10(7-13-8-14)6-11(2,3)4-5-12-9-15/h10H,4-7H2,1-3H3. The Bertz CT molecular complexity index is 276. The van der Waals surface area contributed by atoms with E-state index in [0.29, 0.717) is 12.5 Å². The van der Waals surface area contributed by atoms with Crippen LogP contribution in [-0.2, 0) is 4.79 Å². The normalized spacial score (nSPS) is 12.5. The zero-order chi connectivity index (χ0) is 11.7. The van der Waals surface area contributed by atoms with Gasteiger partial charge in [-0.05, 0) is 36.4 Å². The fraction of sp³-hybridized carbons (Fsp3) is 0.818. The predicted molar refractivity (Wildman–Crippen MR) is 65.1 cm³/mol. The molecule has 1 atom stereocenters. The average Bonchev–Trinajstić information content (AvgIpc) is 2.14. The molecule has 0 amide bonds. The highest BCUT2D eigenvalue weighted by atomic mass is 32.1. The summed E-state index contributed by atoms with van der Waals surface area (Å²) in [6, 6.07) is 0. The summed E-state index contributed by atoms with van der Waals surface area (Å²) in [6.07, 6.45) is 3.57. The van der Waals surface area contributed by atoms with E-state index >= 15 is 0 Å². The molecule has 0 aromatic rings. The first kappa shape index (κ1) is 14.2. The summed E-state index contributed by atoms with van der Waals surface area (Å²) in [7, 11) is 0. The van der Waals surface area contributed by atoms with Crippen LogP contribution in [0.3, 0.4) is 0 Å². The van der Waals surface area contributed by atoms with Gasteiger partial charge in [0.25, 0.3) is 0 Å². The highest BCUT2D eigenvalue weighted by Gasteiger charge is 2.20. The van der Waals surface area contributed by atoms with Gasteiger partial charge in [0.15, 0.2) is 0 Å². The monoisotopic (exact) mass is 226 g/mol. The number of thiocarbonyl (C=S) groups is 1. The van der Waals surface area contributed by atoms with E-state index in [2.05, 4.69) is 48.1 Å². The van der Waals surface area contributed by atoms with Crippen molar-refractivity contribution in [3.63, 3.8) is 0 Å². The quantitative estimate of drug-likeness (QED) is 0.380. The van der Waals surface area contributed by atoms with Crippen LogP contribution in [-0.4, -0.2) is 24.3 Å². The van der Waals surface area contributed by atoms with E-state index in [1.54, 1.807) is 6.08 Å². The highest BCUT2D eigenvalue weighted by Crippen LogP contribution is 2.29. The SMILES string of the molecule is CC(CN=C=O)CC(C)(C)CCN=C=S. The zero-order valence-electron chi connectivity index (χ0n) is 9.62.